The molecule has 5 nitrogen and oxygen atoms in total. The molecule has 0 aliphatic carbocycles. The molecule has 2 rings (SSSR count). The summed E-state index contributed by atoms with van der Waals surface area (Å²) in [6.45, 7) is 3.64. The summed E-state index contributed by atoms with van der Waals surface area (Å²) in [6.07, 6.45) is 4.06. The number of aromatic amines is 1. The Morgan fingerprint density at radius 1 is 1.50 bits per heavy atom. The van der Waals surface area contributed by atoms with Gasteiger partial charge in [0.05, 0.1) is 17.8 Å². The zero-order chi connectivity index (χ0) is 13.1. The van der Waals surface area contributed by atoms with Gasteiger partial charge in [0, 0.05) is 18.1 Å². The lowest BCUT2D eigenvalue weighted by atomic mass is 10.2. The molecule has 0 saturated heterocycles. The molecule has 6 heteroatoms. The number of hydrogen-bond donors (Lipinski definition) is 2. The van der Waals surface area contributed by atoms with Gasteiger partial charge in [-0.15, -0.1) is 0 Å². The minimum atomic E-state index is -0.641. The fraction of sp³-hybridized carbons (Fsp3) is 0.250. The van der Waals surface area contributed by atoms with Gasteiger partial charge in [0.1, 0.15) is 5.82 Å². The van der Waals surface area contributed by atoms with Crippen LogP contribution in [-0.2, 0) is 0 Å². The van der Waals surface area contributed by atoms with Gasteiger partial charge >= 0.3 is 0 Å². The summed E-state index contributed by atoms with van der Waals surface area (Å²) in [5.74, 6) is -0.496. The summed E-state index contributed by atoms with van der Waals surface area (Å²) < 4.78 is 13.4. The summed E-state index contributed by atoms with van der Waals surface area (Å²) in [5.41, 5.74) is 0.876. The molecular weight excluding hydrogens is 235 g/mol. The molecule has 0 spiro atoms. The molecule has 2 heterocycles. The Labute approximate surface area is 103 Å². The predicted molar refractivity (Wildman–Crippen MR) is 63.4 cm³/mol. The molecule has 18 heavy (non-hydrogen) atoms. The first-order chi connectivity index (χ1) is 8.58. The second kappa shape index (κ2) is 4.95. The van der Waals surface area contributed by atoms with Crippen LogP contribution in [-0.4, -0.2) is 20.9 Å². The average Bonchev–Trinajstić information content (AvgIpc) is 2.76. The number of carbonyl (C=O) groups excluding carboxylic acids is 1. The molecule has 1 atom stereocenters. The van der Waals surface area contributed by atoms with E-state index in [0.717, 1.165) is 11.9 Å². The van der Waals surface area contributed by atoms with Crippen LogP contribution in [0.1, 0.15) is 34.8 Å². The summed E-state index contributed by atoms with van der Waals surface area (Å²) in [7, 11) is 0. The van der Waals surface area contributed by atoms with Crippen molar-refractivity contribution in [1.82, 2.24) is 20.3 Å². The molecule has 2 aromatic heterocycles. The van der Waals surface area contributed by atoms with E-state index < -0.39 is 11.7 Å². The SMILES string of the molecule is Cc1cnc([C@H](C)NC(=O)c2ccncc2F)[nH]1. The first-order valence-corrected chi connectivity index (χ1v) is 5.50. The molecule has 0 aliphatic rings. The Balaban J connectivity index is 2.10. The Kier molecular flexibility index (Phi) is 3.36. The van der Waals surface area contributed by atoms with Crippen LogP contribution in [0, 0.1) is 12.7 Å². The molecule has 0 unspecified atom stereocenters. The van der Waals surface area contributed by atoms with Crippen molar-refractivity contribution in [1.29, 1.82) is 0 Å². The molecule has 0 saturated carbocycles. The normalized spacial score (nSPS) is 12.2. The van der Waals surface area contributed by atoms with Gasteiger partial charge in [0.25, 0.3) is 5.91 Å². The number of hydrogen-bond acceptors (Lipinski definition) is 3. The molecule has 0 aliphatic heterocycles. The van der Waals surface area contributed by atoms with Gasteiger partial charge in [-0.2, -0.15) is 0 Å². The van der Waals surface area contributed by atoms with E-state index in [1.165, 1.54) is 12.3 Å². The summed E-state index contributed by atoms with van der Waals surface area (Å²) in [5, 5.41) is 2.67. The topological polar surface area (TPSA) is 70.7 Å². The van der Waals surface area contributed by atoms with E-state index in [-0.39, 0.29) is 11.6 Å². The molecule has 94 valence electrons. The van der Waals surface area contributed by atoms with Gasteiger partial charge in [-0.1, -0.05) is 0 Å². The third-order valence-electron chi connectivity index (χ3n) is 2.50. The number of H-pyrrole nitrogens is 1. The zero-order valence-electron chi connectivity index (χ0n) is 10.1. The molecule has 0 aromatic carbocycles. The lowest BCUT2D eigenvalue weighted by molar-refractivity contribution is 0.0934. The van der Waals surface area contributed by atoms with Crippen molar-refractivity contribution in [2.75, 3.05) is 0 Å². The van der Waals surface area contributed by atoms with Crippen LogP contribution in [0.4, 0.5) is 4.39 Å². The fourth-order valence-electron chi connectivity index (χ4n) is 1.56. The van der Waals surface area contributed by atoms with Crippen LogP contribution in [0.3, 0.4) is 0 Å². The minimum absolute atomic E-state index is 0.0277. The third kappa shape index (κ3) is 2.53. The van der Waals surface area contributed by atoms with Crippen LogP contribution in [0.5, 0.6) is 0 Å². The second-order valence-corrected chi connectivity index (χ2v) is 4.00. The van der Waals surface area contributed by atoms with Gasteiger partial charge in [-0.05, 0) is 19.9 Å². The highest BCUT2D eigenvalue weighted by Gasteiger charge is 2.16. The van der Waals surface area contributed by atoms with Crippen molar-refractivity contribution in [3.05, 3.63) is 47.6 Å². The maximum absolute atomic E-state index is 13.4. The zero-order valence-corrected chi connectivity index (χ0v) is 10.1. The largest absolute Gasteiger partial charge is 0.344 e. The van der Waals surface area contributed by atoms with Gasteiger partial charge in [-0.25, -0.2) is 9.37 Å². The molecule has 1 amide bonds. The Morgan fingerprint density at radius 2 is 2.28 bits per heavy atom. The first kappa shape index (κ1) is 12.2. The first-order valence-electron chi connectivity index (χ1n) is 5.50. The fourth-order valence-corrected chi connectivity index (χ4v) is 1.56. The summed E-state index contributed by atoms with van der Waals surface area (Å²) in [6, 6.07) is 1.02. The number of pyridine rings is 1. The number of rotatable bonds is 3. The number of amides is 1. The van der Waals surface area contributed by atoms with Gasteiger partial charge in [0.2, 0.25) is 0 Å². The highest BCUT2D eigenvalue weighted by Crippen LogP contribution is 2.10. The highest BCUT2D eigenvalue weighted by molar-refractivity contribution is 5.94. The second-order valence-electron chi connectivity index (χ2n) is 4.00. The molecular formula is C12H13FN4O. The average molecular weight is 248 g/mol. The van der Waals surface area contributed by atoms with Crippen molar-refractivity contribution < 1.29 is 9.18 Å². The van der Waals surface area contributed by atoms with E-state index in [2.05, 4.69) is 20.3 Å². The monoisotopic (exact) mass is 248 g/mol. The number of halogens is 1. The Bertz CT molecular complexity index is 567. The number of nitrogens with one attached hydrogen (secondary N) is 2. The lowest BCUT2D eigenvalue weighted by Gasteiger charge is -2.11. The van der Waals surface area contributed by atoms with Crippen LogP contribution in [0.2, 0.25) is 0 Å². The molecule has 2 N–H and O–H groups in total. The summed E-state index contributed by atoms with van der Waals surface area (Å²) >= 11 is 0. The standard InChI is InChI=1S/C12H13FN4O/c1-7-5-15-11(16-7)8(2)17-12(18)9-3-4-14-6-10(9)13/h3-6,8H,1-2H3,(H,15,16)(H,17,18)/t8-/m0/s1. The lowest BCUT2D eigenvalue weighted by Crippen LogP contribution is -2.28. The van der Waals surface area contributed by atoms with Gasteiger partial charge < -0.3 is 10.3 Å². The minimum Gasteiger partial charge on any atom is -0.344 e. The number of nitrogens with zero attached hydrogens (tertiary/aromatic N) is 2. The van der Waals surface area contributed by atoms with Gasteiger partial charge in [-0.3, -0.25) is 9.78 Å². The highest BCUT2D eigenvalue weighted by atomic mass is 19.1. The Hall–Kier alpha value is -2.24. The van der Waals surface area contributed by atoms with E-state index in [0.29, 0.717) is 5.82 Å². The van der Waals surface area contributed by atoms with Crippen molar-refractivity contribution in [3.63, 3.8) is 0 Å². The number of aromatic nitrogens is 3. The van der Waals surface area contributed by atoms with Crippen molar-refractivity contribution >= 4 is 5.91 Å². The van der Waals surface area contributed by atoms with Crippen molar-refractivity contribution in [2.45, 2.75) is 19.9 Å². The number of carbonyl (C=O) groups is 1. The smallest absolute Gasteiger partial charge is 0.254 e. The van der Waals surface area contributed by atoms with E-state index >= 15 is 0 Å². The van der Waals surface area contributed by atoms with Crippen LogP contribution in [0.25, 0.3) is 0 Å². The van der Waals surface area contributed by atoms with E-state index in [4.69, 9.17) is 0 Å². The third-order valence-corrected chi connectivity index (χ3v) is 2.50. The Morgan fingerprint density at radius 3 is 2.89 bits per heavy atom. The molecule has 0 bridgehead atoms. The van der Waals surface area contributed by atoms with Crippen LogP contribution < -0.4 is 5.32 Å². The van der Waals surface area contributed by atoms with Crippen molar-refractivity contribution in [2.24, 2.45) is 0 Å². The van der Waals surface area contributed by atoms with Crippen molar-refractivity contribution in [3.8, 4) is 0 Å². The van der Waals surface area contributed by atoms with E-state index in [1.807, 2.05) is 6.92 Å². The molecule has 0 radical (unpaired) electrons. The number of imidazole rings is 1. The van der Waals surface area contributed by atoms with E-state index in [9.17, 15) is 9.18 Å². The summed E-state index contributed by atoms with van der Waals surface area (Å²) in [4.78, 5) is 22.6. The quantitative estimate of drug-likeness (QED) is 0.869. The maximum Gasteiger partial charge on any atom is 0.254 e. The van der Waals surface area contributed by atoms with Crippen LogP contribution >= 0.6 is 0 Å². The van der Waals surface area contributed by atoms with Gasteiger partial charge in [0.15, 0.2) is 5.82 Å². The molecule has 2 aromatic rings. The number of aryl methyl sites for hydroxylation is 1. The van der Waals surface area contributed by atoms with Crippen LogP contribution in [0.15, 0.2) is 24.7 Å². The van der Waals surface area contributed by atoms with E-state index in [1.54, 1.807) is 13.1 Å². The predicted octanol–water partition coefficient (Wildman–Crippen LogP) is 1.74. The molecule has 0 fully saturated rings. The maximum atomic E-state index is 13.4.